The second-order valence-corrected chi connectivity index (χ2v) is 6.48. The van der Waals surface area contributed by atoms with Crippen LogP contribution in [-0.2, 0) is 19.3 Å². The Bertz CT molecular complexity index is 920. The molecule has 136 valence electrons. The molecule has 0 radical (unpaired) electrons. The minimum absolute atomic E-state index is 0.183. The predicted molar refractivity (Wildman–Crippen MR) is 88.8 cm³/mol. The summed E-state index contributed by atoms with van der Waals surface area (Å²) in [6, 6.07) is 5.02. The maximum Gasteiger partial charge on any atom is 0.416 e. The van der Waals surface area contributed by atoms with E-state index in [2.05, 4.69) is 15.3 Å². The van der Waals surface area contributed by atoms with Crippen LogP contribution in [-0.4, -0.2) is 25.5 Å². The summed E-state index contributed by atoms with van der Waals surface area (Å²) in [6.45, 7) is -0.0639. The zero-order chi connectivity index (χ0) is 18.7. The van der Waals surface area contributed by atoms with E-state index in [1.807, 2.05) is 0 Å². The van der Waals surface area contributed by atoms with Gasteiger partial charge in [0.1, 0.15) is 9.88 Å². The van der Waals surface area contributed by atoms with Gasteiger partial charge in [-0.25, -0.2) is 9.97 Å². The highest BCUT2D eigenvalue weighted by Gasteiger charge is 2.30. The average Bonchev–Trinajstić information content (AvgIpc) is 3.23. The fourth-order valence-electron chi connectivity index (χ4n) is 2.23. The Morgan fingerprint density at radius 2 is 2.12 bits per heavy atom. The van der Waals surface area contributed by atoms with E-state index in [1.54, 1.807) is 10.6 Å². The number of halogens is 3. The largest absolute Gasteiger partial charge is 0.416 e. The van der Waals surface area contributed by atoms with Crippen molar-refractivity contribution in [3.8, 4) is 0 Å². The first kappa shape index (κ1) is 18.1. The fraction of sp³-hybridized carbons (Fsp3) is 0.188. The smallest absolute Gasteiger partial charge is 0.389 e. The summed E-state index contributed by atoms with van der Waals surface area (Å²) in [5, 5.41) is 12.0. The number of anilines is 1. The number of carbonyl (C=O) groups excluding carboxylic acids is 1. The van der Waals surface area contributed by atoms with E-state index in [4.69, 9.17) is 5.11 Å². The zero-order valence-corrected chi connectivity index (χ0v) is 14.0. The Kier molecular flexibility index (Phi) is 5.05. The molecule has 2 heterocycles. The third-order valence-corrected chi connectivity index (χ3v) is 4.39. The molecule has 3 aromatic rings. The number of rotatable bonds is 5. The molecular weight excluding hydrogens is 369 g/mol. The quantitative estimate of drug-likeness (QED) is 0.710. The van der Waals surface area contributed by atoms with Crippen LogP contribution in [0.25, 0.3) is 0 Å². The maximum absolute atomic E-state index is 12.8. The molecule has 0 atom stereocenters. The first-order valence-electron chi connectivity index (χ1n) is 7.40. The van der Waals surface area contributed by atoms with Crippen molar-refractivity contribution in [2.24, 2.45) is 0 Å². The second-order valence-electron chi connectivity index (χ2n) is 5.36. The summed E-state index contributed by atoms with van der Waals surface area (Å²) in [5.41, 5.74) is -0.251. The number of imidazole rings is 1. The van der Waals surface area contributed by atoms with Crippen LogP contribution in [0.3, 0.4) is 0 Å². The molecule has 1 amide bonds. The first-order chi connectivity index (χ1) is 12.3. The monoisotopic (exact) mass is 382 g/mol. The highest BCUT2D eigenvalue weighted by Crippen LogP contribution is 2.29. The summed E-state index contributed by atoms with van der Waals surface area (Å²) in [6.07, 6.45) is -0.106. The Morgan fingerprint density at radius 3 is 2.81 bits per heavy atom. The number of aromatic nitrogens is 3. The van der Waals surface area contributed by atoms with Crippen LogP contribution in [0.15, 0.2) is 43.0 Å². The molecule has 6 nitrogen and oxygen atoms in total. The summed E-state index contributed by atoms with van der Waals surface area (Å²) in [7, 11) is 0. The van der Waals surface area contributed by atoms with E-state index >= 15 is 0 Å². The van der Waals surface area contributed by atoms with Crippen molar-refractivity contribution in [1.29, 1.82) is 0 Å². The number of amides is 1. The van der Waals surface area contributed by atoms with Gasteiger partial charge in [-0.2, -0.15) is 13.2 Å². The van der Waals surface area contributed by atoms with E-state index in [1.165, 1.54) is 24.8 Å². The lowest BCUT2D eigenvalue weighted by atomic mass is 10.1. The van der Waals surface area contributed by atoms with Gasteiger partial charge in [0.25, 0.3) is 5.91 Å². The number of hydrogen-bond acceptors (Lipinski definition) is 5. The van der Waals surface area contributed by atoms with Crippen LogP contribution in [0.4, 0.5) is 19.0 Å². The molecule has 0 bridgehead atoms. The van der Waals surface area contributed by atoms with Gasteiger partial charge in [0.05, 0.1) is 24.7 Å². The molecule has 1 aromatic carbocycles. The Morgan fingerprint density at radius 1 is 1.31 bits per heavy atom. The van der Waals surface area contributed by atoms with Gasteiger partial charge in [-0.3, -0.25) is 4.79 Å². The molecule has 0 spiro atoms. The van der Waals surface area contributed by atoms with Crippen LogP contribution < -0.4 is 5.32 Å². The highest BCUT2D eigenvalue weighted by molar-refractivity contribution is 7.13. The number of thiazole rings is 1. The number of alkyl halides is 3. The van der Waals surface area contributed by atoms with Gasteiger partial charge in [-0.1, -0.05) is 12.1 Å². The minimum Gasteiger partial charge on any atom is -0.389 e. The second kappa shape index (κ2) is 7.26. The highest BCUT2D eigenvalue weighted by atomic mass is 32.1. The number of carbonyl (C=O) groups is 1. The molecule has 0 fully saturated rings. The van der Waals surface area contributed by atoms with Gasteiger partial charge in [0.2, 0.25) is 0 Å². The Labute approximate surface area is 150 Å². The van der Waals surface area contributed by atoms with Crippen molar-refractivity contribution in [3.05, 3.63) is 64.0 Å². The van der Waals surface area contributed by atoms with Gasteiger partial charge in [0.15, 0.2) is 5.82 Å². The van der Waals surface area contributed by atoms with E-state index < -0.39 is 17.6 Å². The lowest BCUT2D eigenvalue weighted by Gasteiger charge is -2.09. The first-order valence-corrected chi connectivity index (χ1v) is 8.21. The van der Waals surface area contributed by atoms with E-state index in [0.717, 1.165) is 23.5 Å². The molecule has 0 aliphatic rings. The standard InChI is InChI=1S/C16H13F3N4O2S/c17-16(18,19)11-3-1-2-10(4-11)6-23-7-13(21-9-23)22-15(25)12-5-20-14(8-24)26-12/h1-5,7,9,24H,6,8H2,(H,22,25). The van der Waals surface area contributed by atoms with Gasteiger partial charge in [-0.15, -0.1) is 11.3 Å². The predicted octanol–water partition coefficient (Wildman–Crippen LogP) is 3.15. The third kappa shape index (κ3) is 4.27. The molecule has 0 saturated heterocycles. The van der Waals surface area contributed by atoms with E-state index in [9.17, 15) is 18.0 Å². The molecule has 0 saturated carbocycles. The van der Waals surface area contributed by atoms with Crippen molar-refractivity contribution in [2.45, 2.75) is 19.3 Å². The number of aliphatic hydroxyl groups excluding tert-OH is 1. The van der Waals surface area contributed by atoms with Crippen LogP contribution in [0.2, 0.25) is 0 Å². The summed E-state index contributed by atoms with van der Waals surface area (Å²) < 4.78 is 39.8. The van der Waals surface area contributed by atoms with Gasteiger partial charge >= 0.3 is 6.18 Å². The van der Waals surface area contributed by atoms with Gasteiger partial charge < -0.3 is 15.0 Å². The van der Waals surface area contributed by atoms with Crippen LogP contribution >= 0.6 is 11.3 Å². The van der Waals surface area contributed by atoms with Crippen molar-refractivity contribution >= 4 is 23.1 Å². The molecular formula is C16H13F3N4O2S. The van der Waals surface area contributed by atoms with Crippen LogP contribution in [0.1, 0.15) is 25.8 Å². The SMILES string of the molecule is O=C(Nc1cn(Cc2cccc(C(F)(F)F)c2)cn1)c1cnc(CO)s1. The minimum atomic E-state index is -4.40. The zero-order valence-electron chi connectivity index (χ0n) is 13.2. The Balaban J connectivity index is 1.67. The Hall–Kier alpha value is -2.72. The van der Waals surface area contributed by atoms with Crippen LogP contribution in [0, 0.1) is 0 Å². The van der Waals surface area contributed by atoms with Crippen molar-refractivity contribution in [2.75, 3.05) is 5.32 Å². The molecule has 26 heavy (non-hydrogen) atoms. The van der Waals surface area contributed by atoms with E-state index in [-0.39, 0.29) is 19.0 Å². The normalized spacial score (nSPS) is 11.5. The molecule has 2 N–H and O–H groups in total. The molecule has 2 aromatic heterocycles. The number of nitrogens with zero attached hydrogens (tertiary/aromatic N) is 3. The van der Waals surface area contributed by atoms with Crippen molar-refractivity contribution in [3.63, 3.8) is 0 Å². The topological polar surface area (TPSA) is 80.0 Å². The average molecular weight is 382 g/mol. The van der Waals surface area contributed by atoms with Crippen molar-refractivity contribution < 1.29 is 23.1 Å². The third-order valence-electron chi connectivity index (χ3n) is 3.41. The molecule has 10 heteroatoms. The maximum atomic E-state index is 12.8. The van der Waals surface area contributed by atoms with Gasteiger partial charge in [0, 0.05) is 12.7 Å². The fourth-order valence-corrected chi connectivity index (χ4v) is 2.91. The van der Waals surface area contributed by atoms with Crippen LogP contribution in [0.5, 0.6) is 0 Å². The summed E-state index contributed by atoms with van der Waals surface area (Å²) >= 11 is 1.06. The lowest BCUT2D eigenvalue weighted by Crippen LogP contribution is -2.10. The van der Waals surface area contributed by atoms with Crippen molar-refractivity contribution in [1.82, 2.24) is 14.5 Å². The number of hydrogen-bond donors (Lipinski definition) is 2. The van der Waals surface area contributed by atoms with E-state index in [0.29, 0.717) is 15.4 Å². The molecule has 0 aliphatic carbocycles. The number of nitrogens with one attached hydrogen (secondary N) is 1. The summed E-state index contributed by atoms with van der Waals surface area (Å²) in [5.74, 6) is -0.160. The summed E-state index contributed by atoms with van der Waals surface area (Å²) in [4.78, 5) is 20.3. The lowest BCUT2D eigenvalue weighted by molar-refractivity contribution is -0.137. The number of benzene rings is 1. The molecule has 0 aliphatic heterocycles. The molecule has 3 rings (SSSR count). The van der Waals surface area contributed by atoms with Gasteiger partial charge in [-0.05, 0) is 17.7 Å². The molecule has 0 unspecified atom stereocenters. The number of aliphatic hydroxyl groups is 1.